The van der Waals surface area contributed by atoms with E-state index in [0.29, 0.717) is 38.6 Å². The summed E-state index contributed by atoms with van der Waals surface area (Å²) in [6.07, 6.45) is -0.718. The molecule has 0 unspecified atom stereocenters. The summed E-state index contributed by atoms with van der Waals surface area (Å²) < 4.78 is 6.65. The second-order valence-electron chi connectivity index (χ2n) is 5.84. The second-order valence-corrected chi connectivity index (χ2v) is 7.61. The molecule has 6 nitrogen and oxygen atoms in total. The van der Waals surface area contributed by atoms with E-state index in [1.165, 1.54) is 6.92 Å². The molecule has 0 saturated heterocycles. The number of aromatic hydroxyl groups is 1. The van der Waals surface area contributed by atoms with E-state index < -0.39 is 12.2 Å². The number of amides is 1. The molecule has 0 fully saturated rings. The Bertz CT molecular complexity index is 824. The number of carbonyl (C=O) groups is 2. The number of rotatable bonds is 7. The summed E-state index contributed by atoms with van der Waals surface area (Å²) in [6, 6.07) is 9.77. The Kier molecular flexibility index (Phi) is 7.82. The summed E-state index contributed by atoms with van der Waals surface area (Å²) >= 11 is 6.61. The molecule has 1 amide bonds. The third-order valence-corrected chi connectivity index (χ3v) is 4.88. The molecule has 0 spiro atoms. The zero-order valence-electron chi connectivity index (χ0n) is 14.5. The summed E-state index contributed by atoms with van der Waals surface area (Å²) in [4.78, 5) is 23.6. The summed E-state index contributed by atoms with van der Waals surface area (Å²) in [6.45, 7) is 1.40. The maximum Gasteiger partial charge on any atom is 0.412 e. The maximum absolute atomic E-state index is 12.3. The number of phenols is 1. The van der Waals surface area contributed by atoms with Crippen molar-refractivity contribution in [3.05, 3.63) is 56.5 Å². The average Bonchev–Trinajstić information content (AvgIpc) is 2.62. The molecule has 1 atom stereocenters. The summed E-state index contributed by atoms with van der Waals surface area (Å²) in [7, 11) is 0. The lowest BCUT2D eigenvalue weighted by Crippen LogP contribution is -2.18. The number of hydrogen-bond acceptors (Lipinski definition) is 5. The van der Waals surface area contributed by atoms with Crippen LogP contribution >= 0.6 is 31.9 Å². The van der Waals surface area contributed by atoms with Crippen LogP contribution in [0.25, 0.3) is 0 Å². The summed E-state index contributed by atoms with van der Waals surface area (Å²) in [5, 5.41) is 22.0. The highest BCUT2D eigenvalue weighted by Gasteiger charge is 2.22. The summed E-state index contributed by atoms with van der Waals surface area (Å²) in [5.41, 5.74) is 1.44. The average molecular weight is 501 g/mol. The van der Waals surface area contributed by atoms with Gasteiger partial charge < -0.3 is 14.9 Å². The molecule has 27 heavy (non-hydrogen) atoms. The largest absolute Gasteiger partial charge is 0.506 e. The van der Waals surface area contributed by atoms with Crippen LogP contribution in [0.1, 0.15) is 41.8 Å². The quantitative estimate of drug-likeness (QED) is 0.455. The highest BCUT2D eigenvalue weighted by atomic mass is 79.9. The lowest BCUT2D eigenvalue weighted by atomic mass is 10.0. The van der Waals surface area contributed by atoms with Gasteiger partial charge in [-0.25, -0.2) is 4.79 Å². The first-order valence-corrected chi connectivity index (χ1v) is 9.77. The Morgan fingerprint density at radius 2 is 1.85 bits per heavy atom. The third-order valence-electron chi connectivity index (χ3n) is 3.82. The van der Waals surface area contributed by atoms with Crippen molar-refractivity contribution in [1.82, 2.24) is 0 Å². The standard InChI is InChI=1S/C19H19Br2NO5/c1-11(24)12-4-6-14(7-5-12)22-19(26)27-17(3-2-8-23)15-9-13(20)10-16(21)18(15)25/h4-7,9-10,17,23,25H,2-3,8H2,1H3,(H,22,26)/t17-/m1/s1. The lowest BCUT2D eigenvalue weighted by molar-refractivity contribution is 0.0978. The number of benzene rings is 2. The molecule has 144 valence electrons. The molecule has 0 saturated carbocycles. The molecule has 2 rings (SSSR count). The molecule has 0 heterocycles. The molecule has 2 aromatic rings. The van der Waals surface area contributed by atoms with Crippen LogP contribution in [0, 0.1) is 0 Å². The monoisotopic (exact) mass is 499 g/mol. The fourth-order valence-corrected chi connectivity index (χ4v) is 3.71. The van der Waals surface area contributed by atoms with Crippen molar-refractivity contribution in [2.24, 2.45) is 0 Å². The van der Waals surface area contributed by atoms with E-state index in [4.69, 9.17) is 9.84 Å². The second kappa shape index (κ2) is 9.87. The minimum atomic E-state index is -0.748. The van der Waals surface area contributed by atoms with Gasteiger partial charge in [0.1, 0.15) is 11.9 Å². The van der Waals surface area contributed by atoms with Gasteiger partial charge in [0.2, 0.25) is 0 Å². The molecule has 2 aromatic carbocycles. The van der Waals surface area contributed by atoms with Crippen molar-refractivity contribution < 1.29 is 24.5 Å². The number of aliphatic hydroxyl groups is 1. The molecule has 0 radical (unpaired) electrons. The fraction of sp³-hybridized carbons (Fsp3) is 0.263. The molecule has 0 aliphatic heterocycles. The number of Topliss-reactive ketones (excluding diaryl/α,β-unsaturated/α-hetero) is 1. The van der Waals surface area contributed by atoms with Crippen molar-refractivity contribution in [2.75, 3.05) is 11.9 Å². The van der Waals surface area contributed by atoms with Gasteiger partial charge in [0.05, 0.1) is 4.47 Å². The van der Waals surface area contributed by atoms with E-state index in [-0.39, 0.29) is 18.1 Å². The Hall–Kier alpha value is -1.90. The first-order valence-electron chi connectivity index (χ1n) is 8.19. The van der Waals surface area contributed by atoms with Gasteiger partial charge in [0.15, 0.2) is 5.78 Å². The van der Waals surface area contributed by atoms with E-state index in [2.05, 4.69) is 37.2 Å². The molecule has 0 aromatic heterocycles. The maximum atomic E-state index is 12.3. The van der Waals surface area contributed by atoms with Crippen LogP contribution in [0.3, 0.4) is 0 Å². The number of nitrogens with one attached hydrogen (secondary N) is 1. The normalized spacial score (nSPS) is 11.7. The minimum Gasteiger partial charge on any atom is -0.506 e. The molecule has 0 aliphatic rings. The van der Waals surface area contributed by atoms with Crippen LogP contribution in [0.4, 0.5) is 10.5 Å². The van der Waals surface area contributed by atoms with E-state index in [1.807, 2.05) is 0 Å². The number of ether oxygens (including phenoxy) is 1. The van der Waals surface area contributed by atoms with Crippen LogP contribution in [-0.2, 0) is 4.74 Å². The predicted molar refractivity (Wildman–Crippen MR) is 109 cm³/mol. The number of hydrogen-bond donors (Lipinski definition) is 3. The van der Waals surface area contributed by atoms with E-state index in [9.17, 15) is 14.7 Å². The van der Waals surface area contributed by atoms with E-state index in [1.54, 1.807) is 36.4 Å². The highest BCUT2D eigenvalue weighted by molar-refractivity contribution is 9.11. The van der Waals surface area contributed by atoms with Crippen molar-refractivity contribution in [1.29, 1.82) is 0 Å². The number of aliphatic hydroxyl groups excluding tert-OH is 1. The molecule has 0 bridgehead atoms. The zero-order chi connectivity index (χ0) is 20.0. The molecular weight excluding hydrogens is 482 g/mol. The number of halogens is 2. The Morgan fingerprint density at radius 3 is 2.44 bits per heavy atom. The number of carbonyl (C=O) groups excluding carboxylic acids is 2. The predicted octanol–water partition coefficient (Wildman–Crippen LogP) is 5.18. The first kappa shape index (κ1) is 21.4. The highest BCUT2D eigenvalue weighted by Crippen LogP contribution is 2.38. The van der Waals surface area contributed by atoms with Gasteiger partial charge in [-0.1, -0.05) is 15.9 Å². The van der Waals surface area contributed by atoms with Crippen LogP contribution in [-0.4, -0.2) is 28.7 Å². The van der Waals surface area contributed by atoms with Crippen molar-refractivity contribution in [3.8, 4) is 5.75 Å². The van der Waals surface area contributed by atoms with Crippen molar-refractivity contribution >= 4 is 49.4 Å². The molecule has 3 N–H and O–H groups in total. The smallest absolute Gasteiger partial charge is 0.412 e. The van der Waals surface area contributed by atoms with Gasteiger partial charge in [-0.3, -0.25) is 10.1 Å². The van der Waals surface area contributed by atoms with E-state index >= 15 is 0 Å². The van der Waals surface area contributed by atoms with Crippen molar-refractivity contribution in [2.45, 2.75) is 25.9 Å². The van der Waals surface area contributed by atoms with E-state index in [0.717, 1.165) is 0 Å². The Labute approximate surface area is 173 Å². The van der Waals surface area contributed by atoms with Gasteiger partial charge in [-0.05, 0) is 72.1 Å². The van der Waals surface area contributed by atoms with Crippen LogP contribution in [0.5, 0.6) is 5.75 Å². The fourth-order valence-electron chi connectivity index (χ4n) is 2.45. The number of ketones is 1. The van der Waals surface area contributed by atoms with Crippen LogP contribution in [0.2, 0.25) is 0 Å². The molecular formula is C19H19Br2NO5. The topological polar surface area (TPSA) is 95.9 Å². The SMILES string of the molecule is CC(=O)c1ccc(NC(=O)O[C@H](CCCO)c2cc(Br)cc(Br)c2O)cc1. The van der Waals surface area contributed by atoms with Gasteiger partial charge in [-0.15, -0.1) is 0 Å². The summed E-state index contributed by atoms with van der Waals surface area (Å²) in [5.74, 6) is -0.0938. The van der Waals surface area contributed by atoms with Gasteiger partial charge in [0.25, 0.3) is 0 Å². The third kappa shape index (κ3) is 6.05. The molecule has 8 heteroatoms. The lowest BCUT2D eigenvalue weighted by Gasteiger charge is -2.20. The zero-order valence-corrected chi connectivity index (χ0v) is 17.7. The molecule has 0 aliphatic carbocycles. The first-order chi connectivity index (χ1) is 12.8. The number of phenolic OH excluding ortho intramolecular Hbond substituents is 1. The Morgan fingerprint density at radius 1 is 1.19 bits per heavy atom. The minimum absolute atomic E-state index is 0.0280. The Balaban J connectivity index is 2.15. The van der Waals surface area contributed by atoms with Crippen LogP contribution < -0.4 is 5.32 Å². The van der Waals surface area contributed by atoms with Crippen LogP contribution in [0.15, 0.2) is 45.3 Å². The van der Waals surface area contributed by atoms with Gasteiger partial charge in [-0.2, -0.15) is 0 Å². The van der Waals surface area contributed by atoms with Crippen molar-refractivity contribution in [3.63, 3.8) is 0 Å². The van der Waals surface area contributed by atoms with Gasteiger partial charge >= 0.3 is 6.09 Å². The van der Waals surface area contributed by atoms with Gasteiger partial charge in [0, 0.05) is 27.9 Å². The number of anilines is 1.